The first-order chi connectivity index (χ1) is 31.6. The molecule has 12 bridgehead atoms. The molecule has 3 aromatic heterocycles. The predicted octanol–water partition coefficient (Wildman–Crippen LogP) is 16.4. The van der Waals surface area contributed by atoms with Crippen molar-refractivity contribution in [1.29, 1.82) is 0 Å². The first-order valence-electron chi connectivity index (χ1n) is 24.5. The number of hydrogen-bond donors (Lipinski definition) is 2. The van der Waals surface area contributed by atoms with E-state index >= 15 is 0 Å². The number of aromatic nitrogens is 4. The molecule has 4 heteroatoms. The molecule has 6 aliphatic carbocycles. The van der Waals surface area contributed by atoms with Gasteiger partial charge in [-0.1, -0.05) is 159 Å². The summed E-state index contributed by atoms with van der Waals surface area (Å²) in [7, 11) is 0. The van der Waals surface area contributed by atoms with Gasteiger partial charge in [0.25, 0.3) is 0 Å². The molecule has 330 valence electrons. The molecule has 2 N–H and O–H groups in total. The topological polar surface area (TPSA) is 57.4 Å². The van der Waals surface area contributed by atoms with Gasteiger partial charge in [-0.25, -0.2) is 9.97 Å². The molecular weight excluding hydrogens is 801 g/mol. The summed E-state index contributed by atoms with van der Waals surface area (Å²) in [5.74, 6) is 1.21. The van der Waals surface area contributed by atoms with E-state index in [0.29, 0.717) is 23.7 Å². The molecule has 4 unspecified atom stereocenters. The number of H-pyrrole nitrogens is 2. The summed E-state index contributed by atoms with van der Waals surface area (Å²) in [6, 6.07) is 34.8. The van der Waals surface area contributed by atoms with E-state index in [1.54, 1.807) is 0 Å². The molecule has 8 aliphatic rings. The Labute approximate surface area is 390 Å². The number of rotatable bonds is 3. The molecule has 5 heterocycles. The molecular formula is C62H62N4. The lowest BCUT2D eigenvalue weighted by molar-refractivity contribution is 0.558. The van der Waals surface area contributed by atoms with Crippen LogP contribution in [0.4, 0.5) is 0 Å². The number of allylic oxidation sites excluding steroid dienone is 6. The Hall–Kier alpha value is -6.26. The molecule has 0 amide bonds. The zero-order chi connectivity index (χ0) is 45.4. The van der Waals surface area contributed by atoms with Gasteiger partial charge >= 0.3 is 0 Å². The van der Waals surface area contributed by atoms with Gasteiger partial charge in [0, 0.05) is 51.4 Å². The van der Waals surface area contributed by atoms with Crippen molar-refractivity contribution < 1.29 is 0 Å². The van der Waals surface area contributed by atoms with Gasteiger partial charge in [-0.3, -0.25) is 0 Å². The minimum absolute atomic E-state index is 0.0255. The third-order valence-electron chi connectivity index (χ3n) is 15.6. The van der Waals surface area contributed by atoms with Crippen LogP contribution < -0.4 is 0 Å². The summed E-state index contributed by atoms with van der Waals surface area (Å²) in [5.41, 5.74) is 25.6. The molecule has 4 nitrogen and oxygen atoms in total. The maximum atomic E-state index is 6.12. The van der Waals surface area contributed by atoms with Gasteiger partial charge < -0.3 is 9.97 Å². The zero-order valence-corrected chi connectivity index (χ0v) is 40.2. The molecule has 14 rings (SSSR count). The minimum Gasteiger partial charge on any atom is -0.355 e. The largest absolute Gasteiger partial charge is 0.355 e. The lowest BCUT2D eigenvalue weighted by Gasteiger charge is -2.34. The van der Waals surface area contributed by atoms with Gasteiger partial charge in [0.05, 0.1) is 33.8 Å². The summed E-state index contributed by atoms with van der Waals surface area (Å²) in [5, 5.41) is 0. The van der Waals surface area contributed by atoms with Gasteiger partial charge in [0.2, 0.25) is 0 Å². The second-order valence-electron chi connectivity index (χ2n) is 23.0. The van der Waals surface area contributed by atoms with Crippen LogP contribution in [-0.2, 0) is 16.2 Å². The van der Waals surface area contributed by atoms with Gasteiger partial charge in [-0.2, -0.15) is 0 Å². The van der Waals surface area contributed by atoms with Gasteiger partial charge in [-0.05, 0) is 128 Å². The smallest absolute Gasteiger partial charge is 0.0778 e. The molecule has 0 radical (unpaired) electrons. The molecule has 0 saturated carbocycles. The van der Waals surface area contributed by atoms with Crippen molar-refractivity contribution in [2.45, 2.75) is 116 Å². The highest BCUT2D eigenvalue weighted by atomic mass is 14.8. The van der Waals surface area contributed by atoms with Crippen molar-refractivity contribution in [2.75, 3.05) is 0 Å². The predicted molar refractivity (Wildman–Crippen MR) is 278 cm³/mol. The number of hydrogen-bond acceptors (Lipinski definition) is 2. The molecule has 66 heavy (non-hydrogen) atoms. The summed E-state index contributed by atoms with van der Waals surface area (Å²) in [4.78, 5) is 19.9. The van der Waals surface area contributed by atoms with E-state index in [9.17, 15) is 0 Å². The second-order valence-corrected chi connectivity index (χ2v) is 23.0. The Balaban J connectivity index is 1.29. The van der Waals surface area contributed by atoms with Crippen molar-refractivity contribution in [2.24, 2.45) is 11.8 Å². The Morgan fingerprint density at radius 3 is 1.36 bits per heavy atom. The number of nitrogens with one attached hydrogen (secondary N) is 2. The molecule has 0 spiro atoms. The highest BCUT2D eigenvalue weighted by molar-refractivity contribution is 6.08. The molecule has 4 atom stereocenters. The van der Waals surface area contributed by atoms with Gasteiger partial charge in [-0.15, -0.1) is 0 Å². The normalized spacial score (nSPS) is 20.6. The van der Waals surface area contributed by atoms with Crippen molar-refractivity contribution in [1.82, 2.24) is 19.9 Å². The third-order valence-corrected chi connectivity index (χ3v) is 15.6. The van der Waals surface area contributed by atoms with Crippen molar-refractivity contribution in [3.05, 3.63) is 166 Å². The van der Waals surface area contributed by atoms with Crippen LogP contribution in [-0.4, -0.2) is 19.9 Å². The summed E-state index contributed by atoms with van der Waals surface area (Å²) in [6.45, 7) is 20.7. The number of nitrogens with zero attached hydrogens (tertiary/aromatic N) is 2. The SMILES string of the molecule is CC(C)(C)c1ccc(-c2c3nc(c(-c4ccc(C(C)(C)C)cc4)c4[nH]c(c(-c5ccc(C(C)(C)C)cc5)c5nc(cc6ccc2[nH]6)C=C5)c2c4C4C=CC2CC4)C2=C3C3C=CC2CC3)cc1. The Morgan fingerprint density at radius 2 is 0.879 bits per heavy atom. The van der Waals surface area contributed by atoms with E-state index < -0.39 is 0 Å². The fraction of sp³-hybridized carbons (Fsp3) is 0.323. The molecule has 2 aliphatic heterocycles. The summed E-state index contributed by atoms with van der Waals surface area (Å²) in [6.07, 6.45) is 19.0. The number of benzene rings is 3. The minimum atomic E-state index is 0.0255. The highest BCUT2D eigenvalue weighted by Crippen LogP contribution is 2.57. The van der Waals surface area contributed by atoms with E-state index in [-0.39, 0.29) is 16.2 Å². The monoisotopic (exact) mass is 862 g/mol. The average Bonchev–Trinajstić information content (AvgIpc) is 4.13. The fourth-order valence-electron chi connectivity index (χ4n) is 12.0. The van der Waals surface area contributed by atoms with Crippen LogP contribution in [0.25, 0.3) is 78.7 Å². The molecule has 3 aromatic carbocycles. The molecule has 0 saturated heterocycles. The first kappa shape index (κ1) is 41.2. The summed E-state index contributed by atoms with van der Waals surface area (Å²) >= 11 is 0. The van der Waals surface area contributed by atoms with Gasteiger partial charge in [0.15, 0.2) is 0 Å². The summed E-state index contributed by atoms with van der Waals surface area (Å²) < 4.78 is 0. The van der Waals surface area contributed by atoms with E-state index in [1.165, 1.54) is 72.3 Å². The van der Waals surface area contributed by atoms with E-state index in [1.807, 2.05) is 0 Å². The Morgan fingerprint density at radius 1 is 0.439 bits per heavy atom. The van der Waals surface area contributed by atoms with Crippen molar-refractivity contribution in [3.8, 4) is 33.4 Å². The molecule has 6 aromatic rings. The van der Waals surface area contributed by atoms with Crippen LogP contribution in [0.2, 0.25) is 0 Å². The maximum Gasteiger partial charge on any atom is 0.0778 e. The van der Waals surface area contributed by atoms with Crippen molar-refractivity contribution in [3.63, 3.8) is 0 Å². The van der Waals surface area contributed by atoms with Crippen LogP contribution in [0.5, 0.6) is 0 Å². The van der Waals surface area contributed by atoms with E-state index in [4.69, 9.17) is 9.97 Å². The lowest BCUT2D eigenvalue weighted by atomic mass is 9.69. The fourth-order valence-corrected chi connectivity index (χ4v) is 12.0. The van der Waals surface area contributed by atoms with Crippen LogP contribution in [0.1, 0.15) is 150 Å². The standard InChI is InChI=1S/C62H62N4/c1-60(2,3)42-24-18-35(19-25-42)49-47-32-30-45(63-47)34-46-31-33-48(64-46)50(36-20-26-43(27-21-36)61(4,5)6)57-52-38-12-16-40(17-13-38)54(52)59(66-57)55(41-22-28-44(29-23-41)62(7,8)9)58-53-39-14-10-37(11-15-39)51(53)56(49)65-58/h10,12,14,16,18-34,37-40,63,66H,11,13,15,17H2,1-9H3. The van der Waals surface area contributed by atoms with E-state index in [0.717, 1.165) is 70.6 Å². The van der Waals surface area contributed by atoms with Crippen LogP contribution >= 0.6 is 0 Å². The van der Waals surface area contributed by atoms with Crippen molar-refractivity contribution >= 4 is 45.4 Å². The van der Waals surface area contributed by atoms with Crippen LogP contribution in [0.3, 0.4) is 0 Å². The molecule has 0 fully saturated rings. The quantitative estimate of drug-likeness (QED) is 0.174. The van der Waals surface area contributed by atoms with Gasteiger partial charge in [0.1, 0.15) is 0 Å². The third kappa shape index (κ3) is 6.61. The Bertz CT molecular complexity index is 3280. The first-order valence-corrected chi connectivity index (χ1v) is 24.5. The Kier molecular flexibility index (Phi) is 9.12. The van der Waals surface area contributed by atoms with Crippen LogP contribution in [0, 0.1) is 11.8 Å². The maximum absolute atomic E-state index is 6.12. The second kappa shape index (κ2) is 14.6. The average molecular weight is 863 g/mol. The zero-order valence-electron chi connectivity index (χ0n) is 40.2. The number of fused-ring (bicyclic) bond motifs is 10. The van der Waals surface area contributed by atoms with Crippen LogP contribution in [0.15, 0.2) is 115 Å². The number of aromatic amines is 2. The van der Waals surface area contributed by atoms with E-state index in [2.05, 4.69) is 200 Å². The lowest BCUT2D eigenvalue weighted by Crippen LogP contribution is -2.19. The highest BCUT2D eigenvalue weighted by Gasteiger charge is 2.41.